The molecule has 1 aliphatic rings. The summed E-state index contributed by atoms with van der Waals surface area (Å²) in [5.74, 6) is 0.518. The number of hydrogen-bond acceptors (Lipinski definition) is 3. The number of carbonyl (C=O) groups is 1. The van der Waals surface area contributed by atoms with Crippen molar-refractivity contribution in [3.8, 4) is 0 Å². The van der Waals surface area contributed by atoms with Crippen molar-refractivity contribution in [2.45, 2.75) is 44.7 Å². The quantitative estimate of drug-likeness (QED) is 0.863. The predicted octanol–water partition coefficient (Wildman–Crippen LogP) is 2.27. The zero-order valence-corrected chi connectivity index (χ0v) is 10.8. The second-order valence-corrected chi connectivity index (χ2v) is 5.60. The van der Waals surface area contributed by atoms with Gasteiger partial charge < -0.3 is 11.1 Å². The van der Waals surface area contributed by atoms with Crippen LogP contribution in [-0.2, 0) is 11.3 Å². The van der Waals surface area contributed by atoms with Gasteiger partial charge in [0.2, 0.25) is 5.91 Å². The highest BCUT2D eigenvalue weighted by Gasteiger charge is 2.23. The Morgan fingerprint density at radius 3 is 3.00 bits per heavy atom. The van der Waals surface area contributed by atoms with E-state index in [1.165, 1.54) is 18.4 Å². The van der Waals surface area contributed by atoms with Crippen LogP contribution in [-0.4, -0.2) is 11.9 Å². The number of carbonyl (C=O) groups excluding carboxylic acids is 1. The van der Waals surface area contributed by atoms with Gasteiger partial charge in [-0.25, -0.2) is 0 Å². The Hall–Kier alpha value is -0.870. The van der Waals surface area contributed by atoms with Gasteiger partial charge in [0.25, 0.3) is 0 Å². The van der Waals surface area contributed by atoms with Gasteiger partial charge in [-0.05, 0) is 41.1 Å². The van der Waals surface area contributed by atoms with Crippen molar-refractivity contribution in [3.63, 3.8) is 0 Å². The standard InChI is InChI=1S/C13H20N2OS/c14-12-4-2-1-3-11(12)7-13(16)15-8-10-5-6-17-9-10/h5-6,9,11-12H,1-4,7-8,14H2,(H,15,16). The topological polar surface area (TPSA) is 55.1 Å². The van der Waals surface area contributed by atoms with E-state index in [4.69, 9.17) is 5.73 Å². The van der Waals surface area contributed by atoms with Crippen molar-refractivity contribution in [1.82, 2.24) is 5.32 Å². The highest BCUT2D eigenvalue weighted by atomic mass is 32.1. The Morgan fingerprint density at radius 2 is 2.29 bits per heavy atom. The lowest BCUT2D eigenvalue weighted by Crippen LogP contribution is -2.36. The number of thiophene rings is 1. The zero-order chi connectivity index (χ0) is 12.1. The minimum Gasteiger partial charge on any atom is -0.352 e. The van der Waals surface area contributed by atoms with Gasteiger partial charge >= 0.3 is 0 Å². The van der Waals surface area contributed by atoms with Crippen LogP contribution in [0.4, 0.5) is 0 Å². The average Bonchev–Trinajstić information content (AvgIpc) is 2.82. The van der Waals surface area contributed by atoms with E-state index in [0.717, 1.165) is 12.8 Å². The summed E-state index contributed by atoms with van der Waals surface area (Å²) in [7, 11) is 0. The number of rotatable bonds is 4. The molecule has 2 unspecified atom stereocenters. The smallest absolute Gasteiger partial charge is 0.220 e. The van der Waals surface area contributed by atoms with Crippen LogP contribution in [0.15, 0.2) is 16.8 Å². The third kappa shape index (κ3) is 3.82. The molecule has 3 nitrogen and oxygen atoms in total. The summed E-state index contributed by atoms with van der Waals surface area (Å²) < 4.78 is 0. The Labute approximate surface area is 106 Å². The second kappa shape index (κ2) is 6.17. The monoisotopic (exact) mass is 252 g/mol. The molecular formula is C13H20N2OS. The van der Waals surface area contributed by atoms with Crippen LogP contribution in [0.1, 0.15) is 37.7 Å². The van der Waals surface area contributed by atoms with Crippen molar-refractivity contribution < 1.29 is 4.79 Å². The van der Waals surface area contributed by atoms with Gasteiger partial charge in [0, 0.05) is 19.0 Å². The number of nitrogens with two attached hydrogens (primary N) is 1. The third-order valence-corrected chi connectivity index (χ3v) is 4.22. The van der Waals surface area contributed by atoms with E-state index >= 15 is 0 Å². The summed E-state index contributed by atoms with van der Waals surface area (Å²) in [5, 5.41) is 7.05. The maximum Gasteiger partial charge on any atom is 0.220 e. The molecule has 0 radical (unpaired) electrons. The van der Waals surface area contributed by atoms with Gasteiger partial charge in [-0.2, -0.15) is 11.3 Å². The van der Waals surface area contributed by atoms with Gasteiger partial charge in [-0.1, -0.05) is 12.8 Å². The lowest BCUT2D eigenvalue weighted by Gasteiger charge is -2.27. The molecule has 0 saturated heterocycles. The van der Waals surface area contributed by atoms with Crippen molar-refractivity contribution in [2.75, 3.05) is 0 Å². The number of nitrogens with one attached hydrogen (secondary N) is 1. The molecule has 1 fully saturated rings. The molecule has 1 aromatic rings. The molecule has 0 aliphatic heterocycles. The lowest BCUT2D eigenvalue weighted by molar-refractivity contribution is -0.122. The van der Waals surface area contributed by atoms with Crippen molar-refractivity contribution in [2.24, 2.45) is 11.7 Å². The first-order valence-electron chi connectivity index (χ1n) is 6.29. The molecule has 1 saturated carbocycles. The predicted molar refractivity (Wildman–Crippen MR) is 70.7 cm³/mol. The van der Waals surface area contributed by atoms with Crippen LogP contribution in [0.25, 0.3) is 0 Å². The van der Waals surface area contributed by atoms with E-state index in [1.54, 1.807) is 11.3 Å². The Bertz CT molecular complexity index is 350. The minimum absolute atomic E-state index is 0.138. The summed E-state index contributed by atoms with van der Waals surface area (Å²) in [6, 6.07) is 2.26. The molecule has 17 heavy (non-hydrogen) atoms. The summed E-state index contributed by atoms with van der Waals surface area (Å²) in [4.78, 5) is 11.8. The summed E-state index contributed by atoms with van der Waals surface area (Å²) in [6.45, 7) is 0.643. The van der Waals surface area contributed by atoms with Crippen molar-refractivity contribution >= 4 is 17.2 Å². The van der Waals surface area contributed by atoms with Gasteiger partial charge in [0.15, 0.2) is 0 Å². The van der Waals surface area contributed by atoms with Crippen LogP contribution in [0.5, 0.6) is 0 Å². The average molecular weight is 252 g/mol. The van der Waals surface area contributed by atoms with Crippen LogP contribution < -0.4 is 11.1 Å². The summed E-state index contributed by atoms with van der Waals surface area (Å²) >= 11 is 1.66. The second-order valence-electron chi connectivity index (χ2n) is 4.82. The normalized spacial score (nSPS) is 24.5. The van der Waals surface area contributed by atoms with Gasteiger partial charge in [0.1, 0.15) is 0 Å². The molecule has 94 valence electrons. The molecule has 1 amide bonds. The van der Waals surface area contributed by atoms with Crippen LogP contribution in [0.2, 0.25) is 0 Å². The summed E-state index contributed by atoms with van der Waals surface area (Å²) in [6.07, 6.45) is 5.20. The maximum atomic E-state index is 11.8. The molecule has 4 heteroatoms. The number of hydrogen-bond donors (Lipinski definition) is 2. The zero-order valence-electron chi connectivity index (χ0n) is 10.0. The molecule has 0 spiro atoms. The van der Waals surface area contributed by atoms with Gasteiger partial charge in [-0.15, -0.1) is 0 Å². The first-order chi connectivity index (χ1) is 8.25. The Kier molecular flexibility index (Phi) is 4.57. The van der Waals surface area contributed by atoms with Gasteiger partial charge in [-0.3, -0.25) is 4.79 Å². The lowest BCUT2D eigenvalue weighted by atomic mass is 9.83. The molecular weight excluding hydrogens is 232 g/mol. The molecule has 1 heterocycles. The fourth-order valence-electron chi connectivity index (χ4n) is 2.39. The van der Waals surface area contributed by atoms with E-state index in [1.807, 2.05) is 11.4 Å². The molecule has 1 aliphatic carbocycles. The largest absolute Gasteiger partial charge is 0.352 e. The molecule has 0 aromatic carbocycles. The fourth-order valence-corrected chi connectivity index (χ4v) is 3.06. The van der Waals surface area contributed by atoms with Gasteiger partial charge in [0.05, 0.1) is 0 Å². The van der Waals surface area contributed by atoms with Crippen LogP contribution >= 0.6 is 11.3 Å². The van der Waals surface area contributed by atoms with E-state index < -0.39 is 0 Å². The third-order valence-electron chi connectivity index (χ3n) is 3.49. The highest BCUT2D eigenvalue weighted by Crippen LogP contribution is 2.25. The molecule has 0 bridgehead atoms. The van der Waals surface area contributed by atoms with E-state index in [2.05, 4.69) is 10.7 Å². The first-order valence-corrected chi connectivity index (χ1v) is 7.23. The molecule has 3 N–H and O–H groups in total. The number of amides is 1. The highest BCUT2D eigenvalue weighted by molar-refractivity contribution is 7.07. The SMILES string of the molecule is NC1CCCCC1CC(=O)NCc1ccsc1. The maximum absolute atomic E-state index is 11.8. The summed E-state index contributed by atoms with van der Waals surface area (Å²) in [5.41, 5.74) is 7.22. The van der Waals surface area contributed by atoms with E-state index in [9.17, 15) is 4.79 Å². The van der Waals surface area contributed by atoms with Crippen molar-refractivity contribution in [1.29, 1.82) is 0 Å². The van der Waals surface area contributed by atoms with E-state index in [0.29, 0.717) is 18.9 Å². The van der Waals surface area contributed by atoms with Crippen LogP contribution in [0, 0.1) is 5.92 Å². The Morgan fingerprint density at radius 1 is 1.47 bits per heavy atom. The Balaban J connectivity index is 1.73. The fraction of sp³-hybridized carbons (Fsp3) is 0.615. The molecule has 1 aromatic heterocycles. The van der Waals surface area contributed by atoms with Crippen LogP contribution in [0.3, 0.4) is 0 Å². The van der Waals surface area contributed by atoms with Crippen molar-refractivity contribution in [3.05, 3.63) is 22.4 Å². The molecule has 2 atom stereocenters. The molecule has 2 rings (SSSR count). The minimum atomic E-state index is 0.138. The first kappa shape index (κ1) is 12.6. The van der Waals surface area contributed by atoms with E-state index in [-0.39, 0.29) is 11.9 Å².